The zero-order valence-corrected chi connectivity index (χ0v) is 32.6. The van der Waals surface area contributed by atoms with Crippen molar-refractivity contribution in [3.8, 4) is 0 Å². The van der Waals surface area contributed by atoms with Gasteiger partial charge in [-0.05, 0) is 0 Å². The number of aliphatic hydroxyl groups is 1. The van der Waals surface area contributed by atoms with Gasteiger partial charge in [-0.1, -0.05) is 6.07 Å². The second-order valence-electron chi connectivity index (χ2n) is 14.1. The minimum absolute atomic E-state index is 0.151. The number of likely N-dealkylation sites (tertiary alicyclic amines) is 1. The van der Waals surface area contributed by atoms with E-state index in [4.69, 9.17) is 14.2 Å². The number of β-lactam (4-membered cyclic amide) rings is 1. The van der Waals surface area contributed by atoms with Crippen LogP contribution in [0.15, 0.2) is 140 Å². The third-order valence-corrected chi connectivity index (χ3v) is 17.0. The molecule has 5 aromatic carbocycles. The van der Waals surface area contributed by atoms with Crippen LogP contribution >= 0.6 is 6.60 Å². The summed E-state index contributed by atoms with van der Waals surface area (Å²) in [7, 11) is 0. The van der Waals surface area contributed by atoms with E-state index >= 15 is 4.79 Å². The number of nitro benzene ring substituents is 2. The molecule has 1 saturated heterocycles. The summed E-state index contributed by atoms with van der Waals surface area (Å²) in [5, 5.41) is 35.7. The van der Waals surface area contributed by atoms with Gasteiger partial charge in [-0.15, -0.1) is 0 Å². The van der Waals surface area contributed by atoms with Gasteiger partial charge in [0.15, 0.2) is 0 Å². The van der Waals surface area contributed by atoms with E-state index in [1.807, 2.05) is 36.4 Å². The Kier molecular flexibility index (Phi) is 12.3. The molecule has 58 heavy (non-hydrogen) atoms. The average molecular weight is 808 g/mol. The molecule has 0 spiro atoms. The zero-order valence-electron chi connectivity index (χ0n) is 31.7. The van der Waals surface area contributed by atoms with Crippen molar-refractivity contribution in [1.82, 2.24) is 4.90 Å². The van der Waals surface area contributed by atoms with Crippen molar-refractivity contribution < 1.29 is 43.5 Å². The third-order valence-electron chi connectivity index (χ3n) is 10.8. The Bertz CT molecular complexity index is 2200. The van der Waals surface area contributed by atoms with E-state index < -0.39 is 71.4 Å². The summed E-state index contributed by atoms with van der Waals surface area (Å²) >= 11 is 0. The van der Waals surface area contributed by atoms with Crippen molar-refractivity contribution in [3.05, 3.63) is 171 Å². The van der Waals surface area contributed by atoms with Gasteiger partial charge in [0.25, 0.3) is 0 Å². The van der Waals surface area contributed by atoms with E-state index in [2.05, 4.69) is 0 Å². The molecule has 1 aliphatic rings. The number of amides is 1. The summed E-state index contributed by atoms with van der Waals surface area (Å²) in [4.78, 5) is 67.3. The Balaban J connectivity index is 1.43. The first-order valence-electron chi connectivity index (χ1n) is 18.5. The maximum absolute atomic E-state index is 15.7. The molecule has 4 atom stereocenters. The van der Waals surface area contributed by atoms with Crippen LogP contribution in [0.3, 0.4) is 0 Å². The first kappa shape index (κ1) is 41.1. The predicted octanol–water partition coefficient (Wildman–Crippen LogP) is 6.82. The molecule has 0 aliphatic carbocycles. The van der Waals surface area contributed by atoms with Crippen LogP contribution in [0.5, 0.6) is 0 Å². The van der Waals surface area contributed by atoms with E-state index in [9.17, 15) is 34.9 Å². The number of aliphatic hydroxyl groups excluding tert-OH is 1. The fourth-order valence-electron chi connectivity index (χ4n) is 7.95. The Morgan fingerprint density at radius 1 is 0.690 bits per heavy atom. The molecule has 0 bridgehead atoms. The SMILES string of the molecule is C[C@H](CO)[C@@H]1[C@@H]([C@@H](C)OC(=O)OCc2ccccc2[N+](=O)[O-])C(=O)N1CP(C(=O)OCc1ccccc1[N+](=O)[O-])(c1ccccc1)(c1ccccc1)c1ccccc1. The third kappa shape index (κ3) is 7.39. The molecule has 0 radical (unpaired) electrons. The number of hydrogen-bond acceptors (Lipinski definition) is 11. The van der Waals surface area contributed by atoms with Crippen molar-refractivity contribution in [1.29, 1.82) is 0 Å². The van der Waals surface area contributed by atoms with Gasteiger partial charge in [-0.3, -0.25) is 10.1 Å². The van der Waals surface area contributed by atoms with Crippen LogP contribution in [0.2, 0.25) is 0 Å². The second-order valence-corrected chi connectivity index (χ2v) is 18.9. The molecule has 0 aromatic heterocycles. The molecule has 1 fully saturated rings. The summed E-state index contributed by atoms with van der Waals surface area (Å²) in [6, 6.07) is 38.1. The standard InChI is InChI=1S/C43H42N3O11P/c1-30(26-47)40-39(31(2)57-42(49)55-27-32-16-12-14-24-37(32)45(51)52)41(48)44(40)29-58(34-18-6-3-7-19-34,35-20-8-4-9-21-35,36-22-10-5-11-23-36)43(50)56-28-33-17-13-15-25-38(33)46(53)54/h3-25,30-31,39-40,47H,26-29H2,1-2H3/t30-,31-,39-,40-/m1/s1. The Morgan fingerprint density at radius 2 is 1.10 bits per heavy atom. The number of carbonyl (C=O) groups is 3. The molecule has 15 heteroatoms. The van der Waals surface area contributed by atoms with Crippen molar-refractivity contribution in [2.45, 2.75) is 39.2 Å². The summed E-state index contributed by atoms with van der Waals surface area (Å²) in [6.07, 6.45) is -2.45. The monoisotopic (exact) mass is 807 g/mol. The molecule has 0 saturated carbocycles. The molecule has 14 nitrogen and oxygen atoms in total. The van der Waals surface area contributed by atoms with Gasteiger partial charge in [0.05, 0.1) is 0 Å². The van der Waals surface area contributed by atoms with Gasteiger partial charge < -0.3 is 0 Å². The molecule has 1 amide bonds. The van der Waals surface area contributed by atoms with Gasteiger partial charge >= 0.3 is 319 Å². The topological polar surface area (TPSA) is 189 Å². The second kappa shape index (κ2) is 17.3. The maximum atomic E-state index is 15.7. The van der Waals surface area contributed by atoms with Crippen LogP contribution in [0.4, 0.5) is 21.0 Å². The quantitative estimate of drug-likeness (QED) is 0.0362. The molecule has 1 aliphatic heterocycles. The van der Waals surface area contributed by atoms with Gasteiger partial charge in [-0.25, -0.2) is 0 Å². The van der Waals surface area contributed by atoms with Crippen molar-refractivity contribution >= 4 is 51.7 Å². The molecule has 0 unspecified atom stereocenters. The van der Waals surface area contributed by atoms with Gasteiger partial charge in [0.1, 0.15) is 0 Å². The molecule has 300 valence electrons. The number of para-hydroxylation sites is 2. The summed E-state index contributed by atoms with van der Waals surface area (Å²) in [5.74, 6) is -2.02. The van der Waals surface area contributed by atoms with Crippen LogP contribution in [0.1, 0.15) is 25.0 Å². The van der Waals surface area contributed by atoms with Crippen LogP contribution in [0, 0.1) is 32.1 Å². The van der Waals surface area contributed by atoms with E-state index in [-0.39, 0.29) is 35.4 Å². The molecular formula is C43H42N3O11P. The Hall–Kier alpha value is -6.50. The predicted molar refractivity (Wildman–Crippen MR) is 217 cm³/mol. The molecule has 6 rings (SSSR count). The van der Waals surface area contributed by atoms with Crippen molar-refractivity contribution in [3.63, 3.8) is 0 Å². The molecule has 1 N–H and O–H groups in total. The van der Waals surface area contributed by atoms with Crippen LogP contribution in [-0.4, -0.2) is 62.7 Å². The first-order valence-corrected chi connectivity index (χ1v) is 20.9. The Morgan fingerprint density at radius 3 is 1.53 bits per heavy atom. The number of ether oxygens (including phenoxy) is 3. The van der Waals surface area contributed by atoms with Gasteiger partial charge in [-0.2, -0.15) is 0 Å². The fraction of sp³-hybridized carbons (Fsp3) is 0.233. The number of nitrogens with zero attached hydrogens (tertiary/aromatic N) is 3. The molecule has 1 heterocycles. The number of benzene rings is 5. The van der Waals surface area contributed by atoms with Crippen LogP contribution in [0.25, 0.3) is 0 Å². The summed E-state index contributed by atoms with van der Waals surface area (Å²) in [6.45, 7) is -2.73. The van der Waals surface area contributed by atoms with Crippen LogP contribution in [-0.2, 0) is 32.2 Å². The minimum atomic E-state index is -4.75. The molecular weight excluding hydrogens is 765 g/mol. The number of hydrogen-bond donors (Lipinski definition) is 1. The fourth-order valence-corrected chi connectivity index (χ4v) is 13.9. The van der Waals surface area contributed by atoms with Crippen molar-refractivity contribution in [2.75, 3.05) is 12.9 Å². The molecule has 5 aromatic rings. The number of rotatable bonds is 16. The summed E-state index contributed by atoms with van der Waals surface area (Å²) in [5.41, 5.74) is -0.818. The van der Waals surface area contributed by atoms with E-state index in [0.29, 0.717) is 15.9 Å². The van der Waals surface area contributed by atoms with E-state index in [1.165, 1.54) is 43.3 Å². The van der Waals surface area contributed by atoms with Crippen molar-refractivity contribution in [2.24, 2.45) is 11.8 Å². The number of carbonyl (C=O) groups excluding carboxylic acids is 3. The van der Waals surface area contributed by atoms with Crippen LogP contribution < -0.4 is 15.9 Å². The average Bonchev–Trinajstić information content (AvgIpc) is 3.25. The Labute approximate surface area is 334 Å². The van der Waals surface area contributed by atoms with Gasteiger partial charge in [0, 0.05) is 0 Å². The number of nitro groups is 2. The summed E-state index contributed by atoms with van der Waals surface area (Å²) < 4.78 is 17.1. The first-order chi connectivity index (χ1) is 27.9. The normalized spacial score (nSPS) is 16.8. The van der Waals surface area contributed by atoms with Gasteiger partial charge in [0.2, 0.25) is 0 Å². The zero-order chi connectivity index (χ0) is 41.5. The van der Waals surface area contributed by atoms with E-state index in [1.54, 1.807) is 78.6 Å². The van der Waals surface area contributed by atoms with E-state index in [0.717, 1.165) is 0 Å².